The van der Waals surface area contributed by atoms with Crippen LogP contribution in [0.25, 0.3) is 10.9 Å². The number of carboxylic acids is 2. The molecular formula is C14H13NO4. The lowest BCUT2D eigenvalue weighted by molar-refractivity contribution is -0.139. The van der Waals surface area contributed by atoms with Gasteiger partial charge in [0.25, 0.3) is 0 Å². The Morgan fingerprint density at radius 3 is 2.37 bits per heavy atom. The van der Waals surface area contributed by atoms with Gasteiger partial charge >= 0.3 is 11.9 Å². The van der Waals surface area contributed by atoms with Crippen molar-refractivity contribution >= 4 is 22.8 Å². The van der Waals surface area contributed by atoms with Crippen LogP contribution in [0.4, 0.5) is 0 Å². The summed E-state index contributed by atoms with van der Waals surface area (Å²) >= 11 is 0. The second-order valence-corrected chi connectivity index (χ2v) is 4.35. The molecule has 0 aliphatic carbocycles. The van der Waals surface area contributed by atoms with Gasteiger partial charge in [-0.15, -0.1) is 0 Å². The average molecular weight is 259 g/mol. The van der Waals surface area contributed by atoms with E-state index in [-0.39, 0.29) is 12.8 Å². The van der Waals surface area contributed by atoms with E-state index >= 15 is 0 Å². The number of aromatic nitrogens is 1. The average Bonchev–Trinajstić information content (AvgIpc) is 2.36. The predicted octanol–water partition coefficient (Wildman–Crippen LogP) is 2.27. The van der Waals surface area contributed by atoms with E-state index < -0.39 is 17.9 Å². The molecule has 0 aliphatic heterocycles. The minimum Gasteiger partial charge on any atom is -0.481 e. The molecule has 0 spiro atoms. The summed E-state index contributed by atoms with van der Waals surface area (Å²) in [5, 5.41) is 18.6. The normalized spacial score (nSPS) is 10.8. The highest BCUT2D eigenvalue weighted by Gasteiger charge is 2.19. The highest BCUT2D eigenvalue weighted by Crippen LogP contribution is 2.25. The van der Waals surface area contributed by atoms with Crippen molar-refractivity contribution in [1.29, 1.82) is 0 Å². The van der Waals surface area contributed by atoms with Crippen LogP contribution in [-0.4, -0.2) is 27.1 Å². The second-order valence-electron chi connectivity index (χ2n) is 4.35. The lowest BCUT2D eigenvalue weighted by Crippen LogP contribution is -2.11. The van der Waals surface area contributed by atoms with Gasteiger partial charge in [-0.3, -0.25) is 14.6 Å². The van der Waals surface area contributed by atoms with Gasteiger partial charge in [-0.2, -0.15) is 0 Å². The number of carboxylic acid groups (broad SMARTS) is 2. The number of hydrogen-bond donors (Lipinski definition) is 2. The van der Waals surface area contributed by atoms with Crippen LogP contribution in [0.2, 0.25) is 0 Å². The Hall–Kier alpha value is -2.43. The van der Waals surface area contributed by atoms with Crippen LogP contribution in [0, 0.1) is 0 Å². The highest BCUT2D eigenvalue weighted by molar-refractivity contribution is 5.79. The van der Waals surface area contributed by atoms with Crippen LogP contribution in [0.1, 0.15) is 24.3 Å². The summed E-state index contributed by atoms with van der Waals surface area (Å²) in [6, 6.07) is 9.24. The van der Waals surface area contributed by atoms with Crippen LogP contribution >= 0.6 is 0 Å². The molecule has 5 heteroatoms. The van der Waals surface area contributed by atoms with Crippen molar-refractivity contribution in [2.45, 2.75) is 18.8 Å². The molecule has 0 aliphatic rings. The van der Waals surface area contributed by atoms with Gasteiger partial charge in [-0.1, -0.05) is 18.2 Å². The first-order valence-corrected chi connectivity index (χ1v) is 5.84. The van der Waals surface area contributed by atoms with Crippen molar-refractivity contribution in [2.75, 3.05) is 0 Å². The molecule has 98 valence electrons. The zero-order valence-corrected chi connectivity index (χ0v) is 10.1. The van der Waals surface area contributed by atoms with E-state index in [1.807, 2.05) is 24.3 Å². The van der Waals surface area contributed by atoms with Crippen LogP contribution in [0.15, 0.2) is 36.5 Å². The van der Waals surface area contributed by atoms with E-state index in [1.165, 1.54) is 0 Å². The number of para-hydroxylation sites is 1. The Labute approximate surface area is 109 Å². The number of nitrogens with zero attached hydrogens (tertiary/aromatic N) is 1. The van der Waals surface area contributed by atoms with Crippen LogP contribution in [-0.2, 0) is 9.59 Å². The van der Waals surface area contributed by atoms with Gasteiger partial charge in [-0.05, 0) is 17.7 Å². The quantitative estimate of drug-likeness (QED) is 0.860. The summed E-state index contributed by atoms with van der Waals surface area (Å²) in [5.74, 6) is -2.59. The molecule has 1 aromatic carbocycles. The fourth-order valence-corrected chi connectivity index (χ4v) is 2.04. The van der Waals surface area contributed by atoms with Gasteiger partial charge in [0.2, 0.25) is 0 Å². The topological polar surface area (TPSA) is 87.5 Å². The molecule has 0 bridgehead atoms. The Morgan fingerprint density at radius 2 is 1.74 bits per heavy atom. The van der Waals surface area contributed by atoms with E-state index in [0.29, 0.717) is 5.56 Å². The number of aliphatic carboxylic acids is 2. The van der Waals surface area contributed by atoms with E-state index in [2.05, 4.69) is 4.98 Å². The Balaban J connectivity index is 2.37. The zero-order valence-electron chi connectivity index (χ0n) is 10.1. The molecule has 0 saturated heterocycles. The molecule has 1 heterocycles. The summed E-state index contributed by atoms with van der Waals surface area (Å²) in [7, 11) is 0. The Bertz CT molecular complexity index is 608. The van der Waals surface area contributed by atoms with Crippen molar-refractivity contribution in [3.63, 3.8) is 0 Å². The number of hydrogen-bond acceptors (Lipinski definition) is 3. The van der Waals surface area contributed by atoms with Gasteiger partial charge in [0.1, 0.15) is 0 Å². The second kappa shape index (κ2) is 5.48. The molecular weight excluding hydrogens is 246 g/mol. The summed E-state index contributed by atoms with van der Waals surface area (Å²) in [4.78, 5) is 25.9. The Morgan fingerprint density at radius 1 is 1.11 bits per heavy atom. The number of rotatable bonds is 5. The van der Waals surface area contributed by atoms with Gasteiger partial charge in [0.05, 0.1) is 18.4 Å². The standard InChI is InChI=1S/C14H13NO4/c16-13(17)6-10(7-14(18)19)11-5-9-3-1-2-4-12(9)15-8-11/h1-5,8,10H,6-7H2,(H,16,17)(H,18,19). The van der Waals surface area contributed by atoms with E-state index in [1.54, 1.807) is 12.3 Å². The van der Waals surface area contributed by atoms with Crippen LogP contribution < -0.4 is 0 Å². The van der Waals surface area contributed by atoms with Gasteiger partial charge in [-0.25, -0.2) is 0 Å². The third kappa shape index (κ3) is 3.28. The fourth-order valence-electron chi connectivity index (χ4n) is 2.04. The molecule has 0 radical (unpaired) electrons. The lowest BCUT2D eigenvalue weighted by Gasteiger charge is -2.13. The number of benzene rings is 1. The maximum atomic E-state index is 10.8. The third-order valence-corrected chi connectivity index (χ3v) is 2.93. The van der Waals surface area contributed by atoms with Crippen LogP contribution in [0.3, 0.4) is 0 Å². The first-order chi connectivity index (χ1) is 9.06. The highest BCUT2D eigenvalue weighted by atomic mass is 16.4. The van der Waals surface area contributed by atoms with Crippen molar-refractivity contribution in [1.82, 2.24) is 4.98 Å². The van der Waals surface area contributed by atoms with Crippen LogP contribution in [0.5, 0.6) is 0 Å². The Kier molecular flexibility index (Phi) is 3.75. The summed E-state index contributed by atoms with van der Waals surface area (Å²) in [6.45, 7) is 0. The van der Waals surface area contributed by atoms with E-state index in [4.69, 9.17) is 10.2 Å². The van der Waals surface area contributed by atoms with Gasteiger partial charge in [0, 0.05) is 17.5 Å². The molecule has 2 aromatic rings. The minimum absolute atomic E-state index is 0.216. The van der Waals surface area contributed by atoms with Crippen molar-refractivity contribution in [3.8, 4) is 0 Å². The molecule has 0 fully saturated rings. The van der Waals surface area contributed by atoms with Crippen molar-refractivity contribution in [3.05, 3.63) is 42.1 Å². The largest absolute Gasteiger partial charge is 0.481 e. The minimum atomic E-state index is -1.01. The zero-order chi connectivity index (χ0) is 13.8. The van der Waals surface area contributed by atoms with Gasteiger partial charge < -0.3 is 10.2 Å². The summed E-state index contributed by atoms with van der Waals surface area (Å²) in [5.41, 5.74) is 1.44. The SMILES string of the molecule is O=C(O)CC(CC(=O)O)c1cnc2ccccc2c1. The first-order valence-electron chi connectivity index (χ1n) is 5.84. The maximum Gasteiger partial charge on any atom is 0.303 e. The van der Waals surface area contributed by atoms with Crippen molar-refractivity contribution < 1.29 is 19.8 Å². The maximum absolute atomic E-state index is 10.8. The number of fused-ring (bicyclic) bond motifs is 1. The molecule has 0 saturated carbocycles. The molecule has 2 rings (SSSR count). The fraction of sp³-hybridized carbons (Fsp3) is 0.214. The number of pyridine rings is 1. The predicted molar refractivity (Wildman–Crippen MR) is 69.0 cm³/mol. The summed E-state index contributed by atoms with van der Waals surface area (Å²) in [6.07, 6.45) is 1.12. The molecule has 2 N–H and O–H groups in total. The van der Waals surface area contributed by atoms with Gasteiger partial charge in [0.15, 0.2) is 0 Å². The summed E-state index contributed by atoms with van der Waals surface area (Å²) < 4.78 is 0. The van der Waals surface area contributed by atoms with E-state index in [0.717, 1.165) is 10.9 Å². The molecule has 0 atom stereocenters. The molecule has 0 amide bonds. The molecule has 19 heavy (non-hydrogen) atoms. The number of carbonyl (C=O) groups is 2. The first kappa shape index (κ1) is 13.0. The molecule has 1 aromatic heterocycles. The lowest BCUT2D eigenvalue weighted by atomic mass is 9.93. The smallest absolute Gasteiger partial charge is 0.303 e. The van der Waals surface area contributed by atoms with Crippen molar-refractivity contribution in [2.24, 2.45) is 0 Å². The third-order valence-electron chi connectivity index (χ3n) is 2.93. The molecule has 5 nitrogen and oxygen atoms in total. The molecule has 0 unspecified atom stereocenters. The van der Waals surface area contributed by atoms with E-state index in [9.17, 15) is 9.59 Å². The monoisotopic (exact) mass is 259 g/mol.